The van der Waals surface area contributed by atoms with Crippen molar-refractivity contribution in [1.82, 2.24) is 9.97 Å². The van der Waals surface area contributed by atoms with Gasteiger partial charge in [0, 0.05) is 17.2 Å². The molecule has 29 heavy (non-hydrogen) atoms. The monoisotopic (exact) mass is 403 g/mol. The Balaban J connectivity index is 1.74. The van der Waals surface area contributed by atoms with Gasteiger partial charge in [-0.3, -0.25) is 10.1 Å². The molecule has 4 aromatic rings. The van der Waals surface area contributed by atoms with Gasteiger partial charge in [0.2, 0.25) is 5.88 Å². The molecule has 0 saturated heterocycles. The molecule has 1 heterocycles. The van der Waals surface area contributed by atoms with Gasteiger partial charge in [0.25, 0.3) is 5.69 Å². The lowest BCUT2D eigenvalue weighted by Crippen LogP contribution is -1.96. The molecule has 0 fully saturated rings. The highest BCUT2D eigenvalue weighted by molar-refractivity contribution is 6.30. The Morgan fingerprint density at radius 3 is 2.34 bits per heavy atom. The summed E-state index contributed by atoms with van der Waals surface area (Å²) in [6, 6.07) is 20.8. The van der Waals surface area contributed by atoms with Crippen molar-refractivity contribution in [3.8, 4) is 11.6 Å². The van der Waals surface area contributed by atoms with Crippen LogP contribution in [0.25, 0.3) is 23.2 Å². The van der Waals surface area contributed by atoms with Crippen LogP contribution in [-0.4, -0.2) is 14.9 Å². The summed E-state index contributed by atoms with van der Waals surface area (Å²) in [6.07, 6.45) is 3.46. The third-order valence-electron chi connectivity index (χ3n) is 4.11. The third-order valence-corrected chi connectivity index (χ3v) is 4.36. The zero-order valence-electron chi connectivity index (χ0n) is 15.0. The number of hydrogen-bond acceptors (Lipinski definition) is 5. The molecule has 0 aliphatic heterocycles. The number of aromatic nitrogens is 2. The molecule has 1 aromatic heterocycles. The lowest BCUT2D eigenvalue weighted by atomic mass is 10.2. The lowest BCUT2D eigenvalue weighted by Gasteiger charge is -2.09. The number of nitro benzene ring substituents is 1. The van der Waals surface area contributed by atoms with E-state index in [9.17, 15) is 10.1 Å². The van der Waals surface area contributed by atoms with Gasteiger partial charge in [0.15, 0.2) is 0 Å². The number of nitro groups is 1. The molecule has 0 amide bonds. The predicted octanol–water partition coefficient (Wildman–Crippen LogP) is 6.15. The van der Waals surface area contributed by atoms with Crippen molar-refractivity contribution in [2.45, 2.75) is 0 Å². The van der Waals surface area contributed by atoms with Gasteiger partial charge in [-0.05, 0) is 48.0 Å². The summed E-state index contributed by atoms with van der Waals surface area (Å²) >= 11 is 5.93. The number of halogens is 1. The highest BCUT2D eigenvalue weighted by Gasteiger charge is 2.10. The van der Waals surface area contributed by atoms with Crippen molar-refractivity contribution in [2.75, 3.05) is 0 Å². The van der Waals surface area contributed by atoms with Crippen molar-refractivity contribution < 1.29 is 9.66 Å². The Morgan fingerprint density at radius 2 is 1.62 bits per heavy atom. The van der Waals surface area contributed by atoms with Crippen molar-refractivity contribution in [2.24, 2.45) is 0 Å². The number of hydrogen-bond donors (Lipinski definition) is 0. The summed E-state index contributed by atoms with van der Waals surface area (Å²) in [5, 5.41) is 11.6. The van der Waals surface area contributed by atoms with Gasteiger partial charge in [-0.25, -0.2) is 9.97 Å². The van der Waals surface area contributed by atoms with Crippen LogP contribution in [0.2, 0.25) is 5.02 Å². The molecule has 6 nitrogen and oxygen atoms in total. The highest BCUT2D eigenvalue weighted by Crippen LogP contribution is 2.27. The summed E-state index contributed by atoms with van der Waals surface area (Å²) < 4.78 is 5.93. The first-order valence-corrected chi connectivity index (χ1v) is 9.09. The van der Waals surface area contributed by atoms with Crippen LogP contribution in [0.3, 0.4) is 0 Å². The van der Waals surface area contributed by atoms with Gasteiger partial charge in [0.1, 0.15) is 11.4 Å². The van der Waals surface area contributed by atoms with E-state index < -0.39 is 4.92 Å². The summed E-state index contributed by atoms with van der Waals surface area (Å²) in [7, 11) is 0. The Bertz CT molecular complexity index is 1220. The van der Waals surface area contributed by atoms with E-state index >= 15 is 0 Å². The van der Waals surface area contributed by atoms with Crippen molar-refractivity contribution in [1.29, 1.82) is 0 Å². The minimum absolute atomic E-state index is 0.0226. The van der Waals surface area contributed by atoms with Crippen LogP contribution >= 0.6 is 11.6 Å². The predicted molar refractivity (Wildman–Crippen MR) is 113 cm³/mol. The van der Waals surface area contributed by atoms with Crippen LogP contribution in [0.4, 0.5) is 5.69 Å². The average Bonchev–Trinajstić information content (AvgIpc) is 2.74. The third kappa shape index (κ3) is 4.39. The van der Waals surface area contributed by atoms with Gasteiger partial charge in [-0.1, -0.05) is 41.9 Å². The van der Waals surface area contributed by atoms with Gasteiger partial charge >= 0.3 is 0 Å². The van der Waals surface area contributed by atoms with E-state index in [4.69, 9.17) is 16.3 Å². The molecule has 0 aliphatic carbocycles. The molecule has 142 valence electrons. The molecule has 0 bridgehead atoms. The summed E-state index contributed by atoms with van der Waals surface area (Å²) in [6.45, 7) is 0. The Morgan fingerprint density at radius 1 is 0.897 bits per heavy atom. The average molecular weight is 404 g/mol. The molecule has 0 atom stereocenters. The first-order valence-electron chi connectivity index (χ1n) is 8.71. The van der Waals surface area contributed by atoms with E-state index in [-0.39, 0.29) is 5.69 Å². The van der Waals surface area contributed by atoms with E-state index in [2.05, 4.69) is 9.97 Å². The quantitative estimate of drug-likeness (QED) is 0.295. The van der Waals surface area contributed by atoms with Gasteiger partial charge in [-0.15, -0.1) is 0 Å². The molecule has 0 spiro atoms. The largest absolute Gasteiger partial charge is 0.437 e. The second-order valence-electron chi connectivity index (χ2n) is 6.14. The zero-order chi connectivity index (χ0) is 20.2. The molecule has 0 radical (unpaired) electrons. The first-order chi connectivity index (χ1) is 14.1. The minimum atomic E-state index is -0.428. The molecule has 0 unspecified atom stereocenters. The maximum atomic E-state index is 11.0. The number of benzene rings is 3. The van der Waals surface area contributed by atoms with Gasteiger partial charge in [-0.2, -0.15) is 0 Å². The number of non-ortho nitro benzene ring substituents is 1. The van der Waals surface area contributed by atoms with Crippen molar-refractivity contribution in [3.05, 3.63) is 99.2 Å². The van der Waals surface area contributed by atoms with Crippen molar-refractivity contribution >= 4 is 40.5 Å². The summed E-state index contributed by atoms with van der Waals surface area (Å²) in [5.41, 5.74) is 2.62. The van der Waals surface area contributed by atoms with E-state index in [1.165, 1.54) is 12.1 Å². The highest BCUT2D eigenvalue weighted by atomic mass is 35.5. The standard InChI is InChI=1S/C22H14ClN3O3/c23-16-9-11-18(12-10-16)29-22-21(24-19-6-1-2-7-20(19)25-22)13-8-15-4-3-5-17(14-15)26(27)28/h1-14H/b13-8+. The molecular weight excluding hydrogens is 390 g/mol. The molecular formula is C22H14ClN3O3. The lowest BCUT2D eigenvalue weighted by molar-refractivity contribution is -0.384. The zero-order valence-corrected chi connectivity index (χ0v) is 15.8. The van der Waals surface area contributed by atoms with E-state index in [1.807, 2.05) is 24.3 Å². The molecule has 0 aliphatic rings. The maximum absolute atomic E-state index is 11.0. The smallest absolute Gasteiger partial charge is 0.270 e. The molecule has 7 heteroatoms. The Labute approximate surface area is 171 Å². The van der Waals surface area contributed by atoms with E-state index in [0.717, 1.165) is 5.52 Å². The van der Waals surface area contributed by atoms with Crippen LogP contribution in [0.1, 0.15) is 11.3 Å². The van der Waals surface area contributed by atoms with Gasteiger partial charge < -0.3 is 4.74 Å². The Hall–Kier alpha value is -3.77. The number of fused-ring (bicyclic) bond motifs is 1. The fourth-order valence-electron chi connectivity index (χ4n) is 2.71. The number of rotatable bonds is 5. The van der Waals surface area contributed by atoms with Gasteiger partial charge in [0.05, 0.1) is 16.0 Å². The summed E-state index contributed by atoms with van der Waals surface area (Å²) in [5.74, 6) is 0.900. The van der Waals surface area contributed by atoms with Crippen LogP contribution in [-0.2, 0) is 0 Å². The van der Waals surface area contributed by atoms with Crippen LogP contribution < -0.4 is 4.74 Å². The SMILES string of the molecule is O=[N+]([O-])c1cccc(/C=C/c2nc3ccccc3nc2Oc2ccc(Cl)cc2)c1. The molecule has 3 aromatic carbocycles. The molecule has 4 rings (SSSR count). The topological polar surface area (TPSA) is 78.2 Å². The maximum Gasteiger partial charge on any atom is 0.270 e. The Kier molecular flexibility index (Phi) is 5.18. The second-order valence-corrected chi connectivity index (χ2v) is 6.58. The van der Waals surface area contributed by atoms with Crippen LogP contribution in [0.5, 0.6) is 11.6 Å². The molecule has 0 N–H and O–H groups in total. The number of ether oxygens (including phenoxy) is 1. The molecule has 0 saturated carbocycles. The summed E-state index contributed by atoms with van der Waals surface area (Å²) in [4.78, 5) is 19.8. The van der Waals surface area contributed by atoms with Crippen LogP contribution in [0.15, 0.2) is 72.8 Å². The first kappa shape index (κ1) is 18.6. The van der Waals surface area contributed by atoms with Crippen molar-refractivity contribution in [3.63, 3.8) is 0 Å². The van der Waals surface area contributed by atoms with E-state index in [0.29, 0.717) is 33.4 Å². The second kappa shape index (κ2) is 8.08. The number of nitrogens with zero attached hydrogens (tertiary/aromatic N) is 3. The number of para-hydroxylation sites is 2. The minimum Gasteiger partial charge on any atom is -0.437 e. The fourth-order valence-corrected chi connectivity index (χ4v) is 2.84. The van der Waals surface area contributed by atoms with Crippen LogP contribution in [0, 0.1) is 10.1 Å². The van der Waals surface area contributed by atoms with E-state index in [1.54, 1.807) is 48.6 Å². The fraction of sp³-hybridized carbons (Fsp3) is 0. The normalized spacial score (nSPS) is 11.1.